The Bertz CT molecular complexity index is 647. The van der Waals surface area contributed by atoms with Gasteiger partial charge in [-0.05, 0) is 60.5 Å². The van der Waals surface area contributed by atoms with Crippen molar-refractivity contribution in [2.45, 2.75) is 85.7 Å². The molecule has 1 aromatic carbocycles. The van der Waals surface area contributed by atoms with Gasteiger partial charge in [0.05, 0.1) is 26.9 Å². The molecule has 0 saturated carbocycles. The van der Waals surface area contributed by atoms with Crippen molar-refractivity contribution >= 4 is 0 Å². The number of aryl methyl sites for hydroxylation is 1. The summed E-state index contributed by atoms with van der Waals surface area (Å²) in [6, 6.07) is 4.17. The van der Waals surface area contributed by atoms with E-state index in [1.165, 1.54) is 24.0 Å². The molecule has 160 valence electrons. The van der Waals surface area contributed by atoms with Crippen LogP contribution < -0.4 is 9.47 Å². The maximum Gasteiger partial charge on any atom is 0.126 e. The Balaban J connectivity index is 2.33. The van der Waals surface area contributed by atoms with Crippen LogP contribution in [0.3, 0.4) is 0 Å². The van der Waals surface area contributed by atoms with E-state index in [0.717, 1.165) is 30.9 Å². The van der Waals surface area contributed by atoms with E-state index >= 15 is 0 Å². The van der Waals surface area contributed by atoms with Gasteiger partial charge in [-0.2, -0.15) is 0 Å². The molecule has 4 atom stereocenters. The molecule has 0 spiro atoms. The molecule has 1 saturated heterocycles. The van der Waals surface area contributed by atoms with Gasteiger partial charge in [0, 0.05) is 11.6 Å². The van der Waals surface area contributed by atoms with Gasteiger partial charge in [-0.3, -0.25) is 0 Å². The molecule has 1 aliphatic rings. The third-order valence-electron chi connectivity index (χ3n) is 7.57. The molecule has 1 aliphatic heterocycles. The number of epoxide rings is 1. The second kappa shape index (κ2) is 9.07. The van der Waals surface area contributed by atoms with Gasteiger partial charge in [-0.15, -0.1) is 0 Å². The summed E-state index contributed by atoms with van der Waals surface area (Å²) in [4.78, 5) is 0. The molecule has 0 aliphatic carbocycles. The van der Waals surface area contributed by atoms with Gasteiger partial charge in [0.1, 0.15) is 11.5 Å². The van der Waals surface area contributed by atoms with E-state index in [1.54, 1.807) is 14.2 Å². The standard InChI is InChI=1S/C25H42O3/c1-10-17(3)20(24(5,6)22-16-28-22)12-13-25(7,11-2)23-18(4)14-19(26-8)15-21(23)27-9/h14-15,17,20,22H,10-13,16H2,1-9H3/t17-,20-,22-,25+/m0/s1. The lowest BCUT2D eigenvalue weighted by atomic mass is 9.64. The second-order valence-corrected chi connectivity index (χ2v) is 9.61. The fraction of sp³-hybridized carbons (Fsp3) is 0.760. The summed E-state index contributed by atoms with van der Waals surface area (Å²) in [7, 11) is 3.48. The summed E-state index contributed by atoms with van der Waals surface area (Å²) >= 11 is 0. The van der Waals surface area contributed by atoms with Crippen LogP contribution in [0.1, 0.15) is 78.4 Å². The predicted molar refractivity (Wildman–Crippen MR) is 118 cm³/mol. The number of hydrogen-bond acceptors (Lipinski definition) is 3. The maximum atomic E-state index is 5.81. The Kier molecular flexibility index (Phi) is 7.47. The second-order valence-electron chi connectivity index (χ2n) is 9.61. The minimum absolute atomic E-state index is 0.0773. The summed E-state index contributed by atoms with van der Waals surface area (Å²) in [5, 5.41) is 0. The zero-order valence-corrected chi connectivity index (χ0v) is 19.6. The molecule has 2 rings (SSSR count). The van der Waals surface area contributed by atoms with Crippen LogP contribution in [0, 0.1) is 24.2 Å². The van der Waals surface area contributed by atoms with Crippen molar-refractivity contribution in [3.05, 3.63) is 23.3 Å². The van der Waals surface area contributed by atoms with Crippen molar-refractivity contribution in [1.29, 1.82) is 0 Å². The molecule has 0 unspecified atom stereocenters. The quantitative estimate of drug-likeness (QED) is 0.402. The van der Waals surface area contributed by atoms with E-state index in [-0.39, 0.29) is 10.8 Å². The Morgan fingerprint density at radius 2 is 1.79 bits per heavy atom. The molecular formula is C25H42O3. The minimum Gasteiger partial charge on any atom is -0.497 e. The summed E-state index contributed by atoms with van der Waals surface area (Å²) in [5.41, 5.74) is 2.89. The van der Waals surface area contributed by atoms with Crippen LogP contribution in [0.2, 0.25) is 0 Å². The number of methoxy groups -OCH3 is 2. The van der Waals surface area contributed by atoms with Gasteiger partial charge < -0.3 is 14.2 Å². The largest absolute Gasteiger partial charge is 0.497 e. The van der Waals surface area contributed by atoms with Crippen LogP contribution in [0.4, 0.5) is 0 Å². The van der Waals surface area contributed by atoms with Crippen molar-refractivity contribution in [2.75, 3.05) is 20.8 Å². The third-order valence-corrected chi connectivity index (χ3v) is 7.57. The van der Waals surface area contributed by atoms with Crippen molar-refractivity contribution in [2.24, 2.45) is 17.3 Å². The molecule has 3 heteroatoms. The Morgan fingerprint density at radius 3 is 2.25 bits per heavy atom. The first-order valence-corrected chi connectivity index (χ1v) is 11.0. The average Bonchev–Trinajstić information content (AvgIpc) is 3.52. The molecule has 1 aromatic rings. The first-order chi connectivity index (χ1) is 13.1. The smallest absolute Gasteiger partial charge is 0.126 e. The highest BCUT2D eigenvalue weighted by atomic mass is 16.6. The van der Waals surface area contributed by atoms with Crippen LogP contribution in [-0.2, 0) is 10.2 Å². The number of benzene rings is 1. The summed E-state index contributed by atoms with van der Waals surface area (Å²) in [5.74, 6) is 3.16. The lowest BCUT2D eigenvalue weighted by Crippen LogP contribution is -2.36. The lowest BCUT2D eigenvalue weighted by Gasteiger charge is -2.40. The Labute approximate surface area is 173 Å². The van der Waals surface area contributed by atoms with Gasteiger partial charge in [0.2, 0.25) is 0 Å². The summed E-state index contributed by atoms with van der Waals surface area (Å²) in [6.07, 6.45) is 5.09. The molecule has 1 heterocycles. The van der Waals surface area contributed by atoms with E-state index < -0.39 is 0 Å². The Hall–Kier alpha value is -1.22. The zero-order valence-electron chi connectivity index (χ0n) is 19.6. The fourth-order valence-electron chi connectivity index (χ4n) is 5.12. The van der Waals surface area contributed by atoms with E-state index in [9.17, 15) is 0 Å². The van der Waals surface area contributed by atoms with Crippen LogP contribution in [0.15, 0.2) is 12.1 Å². The molecule has 0 N–H and O–H groups in total. The Morgan fingerprint density at radius 1 is 1.14 bits per heavy atom. The highest BCUT2D eigenvalue weighted by Crippen LogP contribution is 2.49. The zero-order chi connectivity index (χ0) is 21.1. The molecule has 0 radical (unpaired) electrons. The SMILES string of the molecule is CC[C@H](C)[C@H](CC[C@@](C)(CC)c1c(C)cc(OC)cc1OC)C(C)(C)[C@@H]1CO1. The maximum absolute atomic E-state index is 5.81. The van der Waals surface area contributed by atoms with E-state index in [2.05, 4.69) is 54.5 Å². The van der Waals surface area contributed by atoms with Gasteiger partial charge >= 0.3 is 0 Å². The highest BCUT2D eigenvalue weighted by molar-refractivity contribution is 5.50. The van der Waals surface area contributed by atoms with Crippen molar-refractivity contribution in [3.8, 4) is 11.5 Å². The van der Waals surface area contributed by atoms with E-state index in [0.29, 0.717) is 17.9 Å². The van der Waals surface area contributed by atoms with Crippen molar-refractivity contribution in [1.82, 2.24) is 0 Å². The van der Waals surface area contributed by atoms with Gasteiger partial charge in [0.15, 0.2) is 0 Å². The first kappa shape index (κ1) is 23.1. The number of ether oxygens (including phenoxy) is 3. The van der Waals surface area contributed by atoms with Gasteiger partial charge in [-0.25, -0.2) is 0 Å². The van der Waals surface area contributed by atoms with E-state index in [1.807, 2.05) is 6.07 Å². The molecule has 0 aromatic heterocycles. The molecule has 1 fully saturated rings. The number of hydrogen-bond donors (Lipinski definition) is 0. The van der Waals surface area contributed by atoms with E-state index in [4.69, 9.17) is 14.2 Å². The van der Waals surface area contributed by atoms with Crippen LogP contribution in [0.25, 0.3) is 0 Å². The first-order valence-electron chi connectivity index (χ1n) is 11.0. The van der Waals surface area contributed by atoms with Crippen molar-refractivity contribution < 1.29 is 14.2 Å². The molecular weight excluding hydrogens is 348 g/mol. The normalized spacial score (nSPS) is 21.0. The van der Waals surface area contributed by atoms with Crippen LogP contribution >= 0.6 is 0 Å². The van der Waals surface area contributed by atoms with Crippen molar-refractivity contribution in [3.63, 3.8) is 0 Å². The number of rotatable bonds is 11. The molecule has 0 amide bonds. The lowest BCUT2D eigenvalue weighted by molar-refractivity contribution is 0.0862. The summed E-state index contributed by atoms with van der Waals surface area (Å²) in [6.45, 7) is 17.4. The topological polar surface area (TPSA) is 31.0 Å². The van der Waals surface area contributed by atoms with Gasteiger partial charge in [0.25, 0.3) is 0 Å². The molecule has 28 heavy (non-hydrogen) atoms. The fourth-order valence-corrected chi connectivity index (χ4v) is 5.12. The highest BCUT2D eigenvalue weighted by Gasteiger charge is 2.46. The van der Waals surface area contributed by atoms with Gasteiger partial charge in [-0.1, -0.05) is 48.0 Å². The minimum atomic E-state index is 0.0773. The monoisotopic (exact) mass is 390 g/mol. The summed E-state index contributed by atoms with van der Waals surface area (Å²) < 4.78 is 17.0. The third kappa shape index (κ3) is 4.67. The predicted octanol–water partition coefficient (Wildman–Crippen LogP) is 6.55. The average molecular weight is 391 g/mol. The van der Waals surface area contributed by atoms with Crippen LogP contribution in [0.5, 0.6) is 11.5 Å². The molecule has 0 bridgehead atoms. The molecule has 3 nitrogen and oxygen atoms in total. The van der Waals surface area contributed by atoms with Crippen LogP contribution in [-0.4, -0.2) is 26.9 Å².